The van der Waals surface area contributed by atoms with Crippen molar-refractivity contribution in [2.75, 3.05) is 5.43 Å². The molecule has 0 saturated heterocycles. The first-order valence-corrected chi connectivity index (χ1v) is 8.16. The molecular formula is C16H12N5O3S+. The Morgan fingerprint density at radius 2 is 2.12 bits per heavy atom. The average Bonchev–Trinajstić information content (AvgIpc) is 3.37. The summed E-state index contributed by atoms with van der Waals surface area (Å²) in [5.41, 5.74) is 3.87. The van der Waals surface area contributed by atoms with E-state index in [0.717, 1.165) is 5.69 Å². The maximum Gasteiger partial charge on any atom is 0.437 e. The lowest BCUT2D eigenvalue weighted by atomic mass is 10.3. The van der Waals surface area contributed by atoms with Crippen LogP contribution >= 0.6 is 11.3 Å². The Bertz CT molecular complexity index is 1050. The Labute approximate surface area is 145 Å². The molecule has 2 N–H and O–H groups in total. The van der Waals surface area contributed by atoms with E-state index < -0.39 is 5.63 Å². The third-order valence-electron chi connectivity index (χ3n) is 3.30. The fourth-order valence-corrected chi connectivity index (χ4v) is 2.84. The van der Waals surface area contributed by atoms with Crippen LogP contribution in [-0.2, 0) is 0 Å². The molecule has 0 aliphatic rings. The zero-order chi connectivity index (χ0) is 17.1. The highest BCUT2D eigenvalue weighted by molar-refractivity contribution is 7.14. The molecule has 0 aliphatic carbocycles. The molecule has 25 heavy (non-hydrogen) atoms. The Morgan fingerprint density at radius 1 is 1.24 bits per heavy atom. The lowest BCUT2D eigenvalue weighted by molar-refractivity contribution is -0.660. The van der Waals surface area contributed by atoms with Crippen LogP contribution in [0.2, 0.25) is 0 Å². The predicted octanol–water partition coefficient (Wildman–Crippen LogP) is 2.41. The van der Waals surface area contributed by atoms with Crippen molar-refractivity contribution in [1.82, 2.24) is 10.3 Å². The Hall–Kier alpha value is -3.46. The van der Waals surface area contributed by atoms with E-state index >= 15 is 0 Å². The summed E-state index contributed by atoms with van der Waals surface area (Å²) in [5.74, 6) is 0.623. The largest absolute Gasteiger partial charge is 0.463 e. The number of thiazole rings is 1. The molecule has 8 nitrogen and oxygen atoms in total. The average molecular weight is 354 g/mol. The zero-order valence-electron chi connectivity index (χ0n) is 12.7. The van der Waals surface area contributed by atoms with Gasteiger partial charge in [0.15, 0.2) is 5.69 Å². The third kappa shape index (κ3) is 3.12. The van der Waals surface area contributed by atoms with Crippen LogP contribution in [0.3, 0.4) is 0 Å². The van der Waals surface area contributed by atoms with Crippen molar-refractivity contribution in [3.05, 3.63) is 70.3 Å². The normalized spacial score (nSPS) is 11.2. The number of rotatable bonds is 5. The third-order valence-corrected chi connectivity index (χ3v) is 4.05. The van der Waals surface area contributed by atoms with Crippen LogP contribution in [0.15, 0.2) is 72.9 Å². The zero-order valence-corrected chi connectivity index (χ0v) is 13.6. The van der Waals surface area contributed by atoms with Gasteiger partial charge in [0, 0.05) is 17.5 Å². The van der Waals surface area contributed by atoms with Gasteiger partial charge in [0.2, 0.25) is 10.8 Å². The minimum Gasteiger partial charge on any atom is -0.463 e. The fourth-order valence-electron chi connectivity index (χ4n) is 2.20. The molecule has 9 heteroatoms. The molecule has 3 aromatic heterocycles. The minimum atomic E-state index is -0.500. The van der Waals surface area contributed by atoms with Crippen LogP contribution in [0, 0.1) is 0 Å². The Kier molecular flexibility index (Phi) is 3.97. The molecular weight excluding hydrogens is 342 g/mol. The van der Waals surface area contributed by atoms with Gasteiger partial charge in [0.1, 0.15) is 5.76 Å². The highest BCUT2D eigenvalue weighted by Crippen LogP contribution is 2.21. The molecule has 0 fully saturated rings. The number of hydrazone groups is 1. The van der Waals surface area contributed by atoms with Crippen molar-refractivity contribution in [3.8, 4) is 17.1 Å². The summed E-state index contributed by atoms with van der Waals surface area (Å²) >= 11 is 1.32. The molecule has 0 saturated carbocycles. The molecule has 0 amide bonds. The summed E-state index contributed by atoms with van der Waals surface area (Å²) in [6, 6.07) is 12.9. The quantitative estimate of drug-likeness (QED) is 0.326. The fraction of sp³-hybridized carbons (Fsp3) is 0. The highest BCUT2D eigenvalue weighted by Gasteiger charge is 2.27. The van der Waals surface area contributed by atoms with Gasteiger partial charge in [-0.05, 0) is 22.1 Å². The smallest absolute Gasteiger partial charge is 0.437 e. The predicted molar refractivity (Wildman–Crippen MR) is 91.9 cm³/mol. The van der Waals surface area contributed by atoms with Crippen molar-refractivity contribution in [2.45, 2.75) is 0 Å². The van der Waals surface area contributed by atoms with E-state index in [2.05, 4.69) is 20.8 Å². The van der Waals surface area contributed by atoms with Crippen LogP contribution in [0.1, 0.15) is 5.76 Å². The monoisotopic (exact) mass is 354 g/mol. The molecule has 1 aromatic carbocycles. The Balaban J connectivity index is 1.60. The summed E-state index contributed by atoms with van der Waals surface area (Å²) in [6.45, 7) is 0. The molecule has 0 radical (unpaired) electrons. The summed E-state index contributed by atoms with van der Waals surface area (Å²) in [7, 11) is 0. The second-order valence-corrected chi connectivity index (χ2v) is 5.78. The molecule has 124 valence electrons. The number of nitrogens with one attached hydrogen (secondary N) is 2. The van der Waals surface area contributed by atoms with Crippen LogP contribution in [0.4, 0.5) is 5.13 Å². The summed E-state index contributed by atoms with van der Waals surface area (Å²) in [4.78, 5) is 16.5. The number of hydrogen-bond donors (Lipinski definition) is 2. The second kappa shape index (κ2) is 6.57. The van der Waals surface area contributed by atoms with E-state index in [9.17, 15) is 4.79 Å². The number of hydrogen-bond acceptors (Lipinski definition) is 7. The van der Waals surface area contributed by atoms with Gasteiger partial charge in [-0.25, -0.2) is 9.78 Å². The van der Waals surface area contributed by atoms with Gasteiger partial charge < -0.3 is 4.42 Å². The number of para-hydroxylation sites is 1. The van der Waals surface area contributed by atoms with Gasteiger partial charge >= 0.3 is 11.3 Å². The van der Waals surface area contributed by atoms with Crippen molar-refractivity contribution < 1.29 is 13.6 Å². The van der Waals surface area contributed by atoms with E-state index in [1.54, 1.807) is 28.5 Å². The van der Waals surface area contributed by atoms with Gasteiger partial charge in [0.25, 0.3) is 0 Å². The van der Waals surface area contributed by atoms with E-state index in [4.69, 9.17) is 8.94 Å². The topological polar surface area (TPSA) is 100 Å². The van der Waals surface area contributed by atoms with Crippen molar-refractivity contribution in [2.24, 2.45) is 5.10 Å². The van der Waals surface area contributed by atoms with Gasteiger partial charge in [-0.2, -0.15) is 5.10 Å². The molecule has 4 rings (SSSR count). The maximum absolute atomic E-state index is 12.1. The van der Waals surface area contributed by atoms with Crippen LogP contribution in [0.5, 0.6) is 0 Å². The standard InChI is InChI=1S/C16H11N5O3S/c22-15-14(21(20-24-15)11-5-2-1-3-6-11)13-10-25-16(18-13)19-17-9-12-7-4-8-23-12/h1-10H,(H-,18,19,20,22)/p+1/b17-9+. The van der Waals surface area contributed by atoms with Crippen molar-refractivity contribution >= 4 is 22.7 Å². The molecule has 0 spiro atoms. The Morgan fingerprint density at radius 3 is 2.92 bits per heavy atom. The van der Waals surface area contributed by atoms with E-state index in [-0.39, 0.29) is 0 Å². The molecule has 4 aromatic rings. The van der Waals surface area contributed by atoms with E-state index in [1.807, 2.05) is 30.3 Å². The summed E-state index contributed by atoms with van der Waals surface area (Å²) in [6.07, 6.45) is 3.10. The number of nitrogens with zero attached hydrogens (tertiary/aromatic N) is 3. The lowest BCUT2D eigenvalue weighted by Gasteiger charge is -1.92. The van der Waals surface area contributed by atoms with Gasteiger partial charge in [-0.15, -0.1) is 11.3 Å². The van der Waals surface area contributed by atoms with Crippen molar-refractivity contribution in [3.63, 3.8) is 0 Å². The van der Waals surface area contributed by atoms with Gasteiger partial charge in [-0.3, -0.25) is 9.95 Å². The molecule has 0 aliphatic heterocycles. The maximum atomic E-state index is 12.1. The molecule has 0 bridgehead atoms. The second-order valence-electron chi connectivity index (χ2n) is 4.92. The molecule has 3 heterocycles. The van der Waals surface area contributed by atoms with Crippen molar-refractivity contribution in [1.29, 1.82) is 0 Å². The number of aromatic amines is 1. The number of anilines is 1. The molecule has 0 unspecified atom stereocenters. The summed E-state index contributed by atoms with van der Waals surface area (Å²) < 4.78 is 11.6. The summed E-state index contributed by atoms with van der Waals surface area (Å²) in [5, 5.41) is 8.93. The van der Waals surface area contributed by atoms with Gasteiger partial charge in [0.05, 0.1) is 12.5 Å². The molecule has 0 atom stereocenters. The minimum absolute atomic E-state index is 0.311. The van der Waals surface area contributed by atoms with E-state index in [1.165, 1.54) is 17.6 Å². The first-order chi connectivity index (χ1) is 12.3. The SMILES string of the molecule is O=c1o[nH][n+](-c2ccccc2)c1-c1csc(N/N=C/c2ccco2)n1. The highest BCUT2D eigenvalue weighted by atomic mass is 32.1. The first-order valence-electron chi connectivity index (χ1n) is 7.29. The number of H-pyrrole nitrogens is 1. The van der Waals surface area contributed by atoms with E-state index in [0.29, 0.717) is 22.3 Å². The number of benzene rings is 1. The van der Waals surface area contributed by atoms with Crippen LogP contribution in [-0.4, -0.2) is 16.5 Å². The number of furan rings is 1. The van der Waals surface area contributed by atoms with Gasteiger partial charge in [-0.1, -0.05) is 18.2 Å². The lowest BCUT2D eigenvalue weighted by Crippen LogP contribution is -2.36. The van der Waals surface area contributed by atoms with Crippen LogP contribution in [0.25, 0.3) is 17.1 Å². The van der Waals surface area contributed by atoms with Crippen LogP contribution < -0.4 is 15.7 Å². The number of aromatic nitrogens is 3. The first kappa shape index (κ1) is 15.1.